The summed E-state index contributed by atoms with van der Waals surface area (Å²) in [4.78, 5) is 25.0. The van der Waals surface area contributed by atoms with E-state index < -0.39 is 30.1 Å². The molecule has 1 heterocycles. The Labute approximate surface area is 168 Å². The molecule has 7 nitrogen and oxygen atoms in total. The molecule has 0 aliphatic rings. The first-order valence-electron chi connectivity index (χ1n) is 8.47. The third-order valence-electron chi connectivity index (χ3n) is 4.09. The molecule has 0 aliphatic carbocycles. The van der Waals surface area contributed by atoms with Crippen LogP contribution in [0.5, 0.6) is 5.75 Å². The highest BCUT2D eigenvalue weighted by Gasteiger charge is 2.33. The first-order chi connectivity index (χ1) is 14.4. The van der Waals surface area contributed by atoms with E-state index in [-0.39, 0.29) is 22.5 Å². The molecule has 0 unspecified atom stereocenters. The van der Waals surface area contributed by atoms with Gasteiger partial charge in [-0.25, -0.2) is 18.7 Å². The van der Waals surface area contributed by atoms with Crippen molar-refractivity contribution in [1.29, 1.82) is 0 Å². The van der Waals surface area contributed by atoms with Gasteiger partial charge in [-0.15, -0.1) is 0 Å². The lowest BCUT2D eigenvalue weighted by atomic mass is 10.0. The summed E-state index contributed by atoms with van der Waals surface area (Å²) in [6, 6.07) is 11.7. The maximum atomic E-state index is 14.9. The van der Waals surface area contributed by atoms with E-state index in [4.69, 9.17) is 9.47 Å². The number of halogens is 3. The first-order valence-corrected chi connectivity index (χ1v) is 8.47. The van der Waals surface area contributed by atoms with E-state index in [1.54, 1.807) is 30.3 Å². The maximum absolute atomic E-state index is 14.9. The van der Waals surface area contributed by atoms with Crippen LogP contribution in [0.4, 0.5) is 13.2 Å². The average molecular weight is 420 g/mol. The minimum absolute atomic E-state index is 0.302. The number of hydrogen-bond donors (Lipinski definition) is 0. The third kappa shape index (κ3) is 3.84. The lowest BCUT2D eigenvalue weighted by molar-refractivity contribution is -0.0521. The number of esters is 2. The molecule has 10 heteroatoms. The summed E-state index contributed by atoms with van der Waals surface area (Å²) >= 11 is 0. The number of nitrogens with zero attached hydrogens (tertiary/aromatic N) is 2. The van der Waals surface area contributed by atoms with Gasteiger partial charge in [0.2, 0.25) is 0 Å². The molecule has 0 saturated heterocycles. The highest BCUT2D eigenvalue weighted by atomic mass is 19.3. The molecule has 0 radical (unpaired) electrons. The van der Waals surface area contributed by atoms with E-state index >= 15 is 0 Å². The van der Waals surface area contributed by atoms with Crippen molar-refractivity contribution in [3.63, 3.8) is 0 Å². The summed E-state index contributed by atoms with van der Waals surface area (Å²) in [6.45, 7) is -3.26. The highest BCUT2D eigenvalue weighted by molar-refractivity contribution is 6.06. The Bertz CT molecular complexity index is 1080. The zero-order valence-corrected chi connectivity index (χ0v) is 15.8. The molecule has 3 rings (SSSR count). The number of para-hydroxylation sites is 1. The largest absolute Gasteiger partial charge is 0.465 e. The highest BCUT2D eigenvalue weighted by Crippen LogP contribution is 2.34. The number of methoxy groups -OCH3 is 2. The van der Waals surface area contributed by atoms with E-state index in [1.807, 2.05) is 0 Å². The van der Waals surface area contributed by atoms with Crippen molar-refractivity contribution >= 4 is 11.9 Å². The van der Waals surface area contributed by atoms with E-state index in [2.05, 4.69) is 9.84 Å². The van der Waals surface area contributed by atoms with Crippen LogP contribution < -0.4 is 4.74 Å². The normalized spacial score (nSPS) is 10.7. The van der Waals surface area contributed by atoms with Crippen LogP contribution in [0.1, 0.15) is 20.8 Å². The van der Waals surface area contributed by atoms with Crippen LogP contribution in [0.2, 0.25) is 0 Å². The first kappa shape index (κ1) is 20.9. The zero-order chi connectivity index (χ0) is 21.8. The Hall–Kier alpha value is -3.82. The molecule has 0 fully saturated rings. The molecule has 0 bridgehead atoms. The lowest BCUT2D eigenvalue weighted by Crippen LogP contribution is -2.15. The standard InChI is InChI=1S/C20H15F3N2O5/c1-28-18(26)14-16(12-9-6-10-13(15(12)21)30-20(22)23)24-25(17(14)19(27)29-2)11-7-4-3-5-8-11/h3-10,20H,1-2H3. The van der Waals surface area contributed by atoms with Crippen molar-refractivity contribution in [2.75, 3.05) is 14.2 Å². The fraction of sp³-hybridized carbons (Fsp3) is 0.150. The minimum Gasteiger partial charge on any atom is -0.465 e. The van der Waals surface area contributed by atoms with Crippen LogP contribution in [-0.4, -0.2) is 42.6 Å². The number of alkyl halides is 2. The monoisotopic (exact) mass is 420 g/mol. The molecule has 3 aromatic rings. The molecular weight excluding hydrogens is 405 g/mol. The van der Waals surface area contributed by atoms with Gasteiger partial charge < -0.3 is 14.2 Å². The summed E-state index contributed by atoms with van der Waals surface area (Å²) in [7, 11) is 2.17. The molecule has 0 aliphatic heterocycles. The number of benzene rings is 2. The summed E-state index contributed by atoms with van der Waals surface area (Å²) < 4.78 is 54.9. The molecule has 2 aromatic carbocycles. The predicted octanol–water partition coefficient (Wildman–Crippen LogP) is 3.85. The Morgan fingerprint density at radius 3 is 2.23 bits per heavy atom. The Morgan fingerprint density at radius 2 is 1.63 bits per heavy atom. The summed E-state index contributed by atoms with van der Waals surface area (Å²) in [5, 5.41) is 4.20. The second kappa shape index (κ2) is 8.68. The van der Waals surface area contributed by atoms with Crippen molar-refractivity contribution in [1.82, 2.24) is 9.78 Å². The van der Waals surface area contributed by atoms with Gasteiger partial charge in [0.1, 0.15) is 11.3 Å². The Kier molecular flexibility index (Phi) is 6.05. The fourth-order valence-electron chi connectivity index (χ4n) is 2.82. The van der Waals surface area contributed by atoms with Crippen LogP contribution in [0.3, 0.4) is 0 Å². The van der Waals surface area contributed by atoms with Gasteiger partial charge in [-0.3, -0.25) is 0 Å². The van der Waals surface area contributed by atoms with Gasteiger partial charge in [0.25, 0.3) is 0 Å². The predicted molar refractivity (Wildman–Crippen MR) is 98.3 cm³/mol. The van der Waals surface area contributed by atoms with Gasteiger partial charge in [-0.1, -0.05) is 24.3 Å². The number of rotatable bonds is 6. The second-order valence-corrected chi connectivity index (χ2v) is 5.80. The van der Waals surface area contributed by atoms with Crippen molar-refractivity contribution in [3.8, 4) is 22.7 Å². The fourth-order valence-corrected chi connectivity index (χ4v) is 2.82. The van der Waals surface area contributed by atoms with Gasteiger partial charge in [0, 0.05) is 5.56 Å². The topological polar surface area (TPSA) is 79.7 Å². The van der Waals surface area contributed by atoms with Gasteiger partial charge in [0.15, 0.2) is 17.3 Å². The average Bonchev–Trinajstić information content (AvgIpc) is 3.14. The molecule has 1 aromatic heterocycles. The molecule has 0 spiro atoms. The molecule has 30 heavy (non-hydrogen) atoms. The van der Waals surface area contributed by atoms with Crippen molar-refractivity contribution in [2.45, 2.75) is 6.61 Å². The minimum atomic E-state index is -3.26. The van der Waals surface area contributed by atoms with Crippen LogP contribution in [0.15, 0.2) is 48.5 Å². The van der Waals surface area contributed by atoms with E-state index in [0.717, 1.165) is 25.0 Å². The SMILES string of the molecule is COC(=O)c1c(-c2cccc(OC(F)F)c2F)nn(-c2ccccc2)c1C(=O)OC. The van der Waals surface area contributed by atoms with Crippen LogP contribution in [-0.2, 0) is 9.47 Å². The molecule has 0 amide bonds. The number of carbonyl (C=O) groups excluding carboxylic acids is 2. The second-order valence-electron chi connectivity index (χ2n) is 5.80. The Morgan fingerprint density at radius 1 is 0.967 bits per heavy atom. The molecular formula is C20H15F3N2O5. The third-order valence-corrected chi connectivity index (χ3v) is 4.09. The molecule has 0 atom stereocenters. The molecule has 156 valence electrons. The Balaban J connectivity index is 2.34. The summed E-state index contributed by atoms with van der Waals surface area (Å²) in [5.41, 5.74) is -0.974. The summed E-state index contributed by atoms with van der Waals surface area (Å²) in [6.07, 6.45) is 0. The number of hydrogen-bond acceptors (Lipinski definition) is 6. The van der Waals surface area contributed by atoms with Gasteiger partial charge in [-0.05, 0) is 24.3 Å². The zero-order valence-electron chi connectivity index (χ0n) is 15.8. The van der Waals surface area contributed by atoms with Crippen molar-refractivity contribution < 1.29 is 37.0 Å². The van der Waals surface area contributed by atoms with Crippen LogP contribution >= 0.6 is 0 Å². The van der Waals surface area contributed by atoms with Gasteiger partial charge in [-0.2, -0.15) is 13.9 Å². The molecule has 0 N–H and O–H groups in total. The lowest BCUT2D eigenvalue weighted by Gasteiger charge is -2.09. The van der Waals surface area contributed by atoms with Crippen molar-refractivity contribution in [3.05, 3.63) is 65.6 Å². The maximum Gasteiger partial charge on any atom is 0.387 e. The number of carbonyl (C=O) groups is 2. The smallest absolute Gasteiger partial charge is 0.387 e. The van der Waals surface area contributed by atoms with Crippen LogP contribution in [0.25, 0.3) is 16.9 Å². The van der Waals surface area contributed by atoms with Crippen LogP contribution in [0, 0.1) is 5.82 Å². The number of aromatic nitrogens is 2. The molecule has 0 saturated carbocycles. The van der Waals surface area contributed by atoms with Gasteiger partial charge >= 0.3 is 18.6 Å². The quantitative estimate of drug-likeness (QED) is 0.564. The van der Waals surface area contributed by atoms with E-state index in [0.29, 0.717) is 5.69 Å². The van der Waals surface area contributed by atoms with Crippen molar-refractivity contribution in [2.24, 2.45) is 0 Å². The summed E-state index contributed by atoms with van der Waals surface area (Å²) in [5.74, 6) is -3.85. The van der Waals surface area contributed by atoms with E-state index in [1.165, 1.54) is 12.1 Å². The van der Waals surface area contributed by atoms with E-state index in [9.17, 15) is 22.8 Å². The number of ether oxygens (including phenoxy) is 3. The van der Waals surface area contributed by atoms with Gasteiger partial charge in [0.05, 0.1) is 19.9 Å².